The number of nitrogens with zero attached hydrogens (tertiary/aromatic N) is 3. The van der Waals surface area contributed by atoms with Crippen molar-refractivity contribution in [3.8, 4) is 5.69 Å². The Morgan fingerprint density at radius 2 is 1.92 bits per heavy atom. The van der Waals surface area contributed by atoms with Crippen LogP contribution in [0.2, 0.25) is 0 Å². The van der Waals surface area contributed by atoms with Gasteiger partial charge in [0.2, 0.25) is 0 Å². The van der Waals surface area contributed by atoms with Crippen LogP contribution in [0.5, 0.6) is 0 Å². The maximum absolute atomic E-state index is 12.8. The molecule has 0 spiro atoms. The molecule has 24 heavy (non-hydrogen) atoms. The molecule has 0 aliphatic rings. The van der Waals surface area contributed by atoms with Crippen LogP contribution in [0.1, 0.15) is 24.3 Å². The molecule has 6 nitrogen and oxygen atoms in total. The van der Waals surface area contributed by atoms with Crippen LogP contribution in [0.25, 0.3) is 16.5 Å². The fraction of sp³-hybridized carbons (Fsp3) is 0.235. The number of benzene rings is 1. The summed E-state index contributed by atoms with van der Waals surface area (Å²) in [5.41, 5.74) is 6.53. The fourth-order valence-corrected chi connectivity index (χ4v) is 3.43. The molecule has 0 bridgehead atoms. The lowest BCUT2D eigenvalue weighted by atomic mass is 10.2. The van der Waals surface area contributed by atoms with Gasteiger partial charge in [0, 0.05) is 23.9 Å². The van der Waals surface area contributed by atoms with Crippen LogP contribution in [0.3, 0.4) is 0 Å². The van der Waals surface area contributed by atoms with E-state index in [1.807, 2.05) is 32.0 Å². The summed E-state index contributed by atoms with van der Waals surface area (Å²) < 4.78 is 1.25. The number of thiophene rings is 1. The SMILES string of the molecule is CCN(CC)C(=O)c1nn(-c2ccccc2)c(=O)c2c(N)scc12. The molecule has 0 atom stereocenters. The Balaban J connectivity index is 2.32. The first-order valence-electron chi connectivity index (χ1n) is 7.73. The first-order chi connectivity index (χ1) is 11.6. The van der Waals surface area contributed by atoms with Gasteiger partial charge in [-0.1, -0.05) is 18.2 Å². The second-order valence-corrected chi connectivity index (χ2v) is 6.18. The van der Waals surface area contributed by atoms with E-state index in [0.717, 1.165) is 0 Å². The van der Waals surface area contributed by atoms with Gasteiger partial charge < -0.3 is 10.6 Å². The van der Waals surface area contributed by atoms with Crippen molar-refractivity contribution in [3.05, 3.63) is 51.8 Å². The number of carbonyl (C=O) groups is 1. The van der Waals surface area contributed by atoms with Crippen LogP contribution < -0.4 is 11.3 Å². The third-order valence-corrected chi connectivity index (χ3v) is 4.75. The largest absolute Gasteiger partial charge is 0.390 e. The molecule has 3 rings (SSSR count). The summed E-state index contributed by atoms with van der Waals surface area (Å²) >= 11 is 1.25. The van der Waals surface area contributed by atoms with Gasteiger partial charge in [0.25, 0.3) is 11.5 Å². The summed E-state index contributed by atoms with van der Waals surface area (Å²) in [7, 11) is 0. The molecule has 0 aliphatic carbocycles. The second-order valence-electron chi connectivity index (χ2n) is 5.27. The topological polar surface area (TPSA) is 81.2 Å². The van der Waals surface area contributed by atoms with Gasteiger partial charge in [-0.3, -0.25) is 9.59 Å². The van der Waals surface area contributed by atoms with Crippen molar-refractivity contribution in [1.82, 2.24) is 14.7 Å². The van der Waals surface area contributed by atoms with E-state index in [4.69, 9.17) is 5.73 Å². The summed E-state index contributed by atoms with van der Waals surface area (Å²) in [6.45, 7) is 4.97. The van der Waals surface area contributed by atoms with Crippen molar-refractivity contribution < 1.29 is 4.79 Å². The summed E-state index contributed by atoms with van der Waals surface area (Å²) in [6, 6.07) is 9.03. The minimum absolute atomic E-state index is 0.201. The van der Waals surface area contributed by atoms with Gasteiger partial charge in [-0.05, 0) is 26.0 Å². The molecule has 1 aromatic carbocycles. The van der Waals surface area contributed by atoms with Crippen molar-refractivity contribution in [2.45, 2.75) is 13.8 Å². The molecule has 2 N–H and O–H groups in total. The fourth-order valence-electron chi connectivity index (χ4n) is 2.64. The molecular weight excluding hydrogens is 324 g/mol. The third kappa shape index (κ3) is 2.56. The quantitative estimate of drug-likeness (QED) is 0.790. The number of hydrogen-bond acceptors (Lipinski definition) is 5. The van der Waals surface area contributed by atoms with Crippen LogP contribution >= 0.6 is 11.3 Å². The molecule has 3 aromatic rings. The molecule has 0 saturated carbocycles. The van der Waals surface area contributed by atoms with Crippen LogP contribution in [0, 0.1) is 0 Å². The number of rotatable bonds is 4. The van der Waals surface area contributed by atoms with Crippen molar-refractivity contribution >= 4 is 33.0 Å². The van der Waals surface area contributed by atoms with E-state index >= 15 is 0 Å². The minimum Gasteiger partial charge on any atom is -0.390 e. The van der Waals surface area contributed by atoms with Gasteiger partial charge in [0.1, 0.15) is 0 Å². The number of carbonyl (C=O) groups excluding carboxylic acids is 1. The van der Waals surface area contributed by atoms with Gasteiger partial charge in [0.15, 0.2) is 5.69 Å². The van der Waals surface area contributed by atoms with E-state index in [2.05, 4.69) is 5.10 Å². The highest BCUT2D eigenvalue weighted by Crippen LogP contribution is 2.28. The Hall–Kier alpha value is -2.67. The molecule has 1 amide bonds. The Morgan fingerprint density at radius 1 is 1.25 bits per heavy atom. The number of para-hydroxylation sites is 1. The number of nitrogen functional groups attached to an aromatic ring is 1. The molecule has 2 heterocycles. The normalized spacial score (nSPS) is 10.9. The van der Waals surface area contributed by atoms with E-state index in [-0.39, 0.29) is 17.2 Å². The Labute approximate surface area is 143 Å². The number of hydrogen-bond donors (Lipinski definition) is 1. The number of aromatic nitrogens is 2. The highest BCUT2D eigenvalue weighted by atomic mass is 32.1. The number of fused-ring (bicyclic) bond motifs is 1. The molecule has 0 saturated heterocycles. The summed E-state index contributed by atoms with van der Waals surface area (Å²) in [4.78, 5) is 27.3. The van der Waals surface area contributed by atoms with Crippen LogP contribution in [-0.4, -0.2) is 33.7 Å². The zero-order valence-corrected chi connectivity index (χ0v) is 14.3. The maximum Gasteiger partial charge on any atom is 0.282 e. The predicted molar refractivity (Wildman–Crippen MR) is 96.9 cm³/mol. The predicted octanol–water partition coefficient (Wildman–Crippen LogP) is 2.51. The lowest BCUT2D eigenvalue weighted by molar-refractivity contribution is 0.0767. The zero-order valence-electron chi connectivity index (χ0n) is 13.5. The van der Waals surface area contributed by atoms with E-state index in [9.17, 15) is 9.59 Å². The first kappa shape index (κ1) is 16.2. The first-order valence-corrected chi connectivity index (χ1v) is 8.61. The van der Waals surface area contributed by atoms with E-state index in [1.54, 1.807) is 22.4 Å². The van der Waals surface area contributed by atoms with Crippen LogP contribution in [-0.2, 0) is 0 Å². The Bertz CT molecular complexity index is 942. The highest BCUT2D eigenvalue weighted by molar-refractivity contribution is 7.15. The number of anilines is 1. The monoisotopic (exact) mass is 342 g/mol. The van der Waals surface area contributed by atoms with Crippen LogP contribution in [0.15, 0.2) is 40.5 Å². The van der Waals surface area contributed by atoms with Crippen LogP contribution in [0.4, 0.5) is 5.00 Å². The average Bonchev–Trinajstić information content (AvgIpc) is 2.99. The van der Waals surface area contributed by atoms with Crippen molar-refractivity contribution in [2.24, 2.45) is 0 Å². The number of nitrogens with two attached hydrogens (primary N) is 1. The molecule has 124 valence electrons. The zero-order chi connectivity index (χ0) is 17.3. The summed E-state index contributed by atoms with van der Waals surface area (Å²) in [5.74, 6) is -0.201. The molecule has 0 radical (unpaired) electrons. The summed E-state index contributed by atoms with van der Waals surface area (Å²) in [5, 5.41) is 7.37. The molecule has 0 unspecified atom stereocenters. The Morgan fingerprint density at radius 3 is 2.54 bits per heavy atom. The van der Waals surface area contributed by atoms with Gasteiger partial charge in [0.05, 0.1) is 16.1 Å². The lowest BCUT2D eigenvalue weighted by Crippen LogP contribution is -2.33. The standard InChI is InChI=1S/C17H18N4O2S/c1-3-20(4-2)17(23)14-12-10-24-15(18)13(12)16(22)21(19-14)11-8-6-5-7-9-11/h5-10H,3-4,18H2,1-2H3. The minimum atomic E-state index is -0.314. The third-order valence-electron chi connectivity index (χ3n) is 3.93. The smallest absolute Gasteiger partial charge is 0.282 e. The van der Waals surface area contributed by atoms with Gasteiger partial charge in [-0.15, -0.1) is 11.3 Å². The van der Waals surface area contributed by atoms with Gasteiger partial charge >= 0.3 is 0 Å². The lowest BCUT2D eigenvalue weighted by Gasteiger charge is -2.19. The number of amides is 1. The Kier molecular flexibility index (Phi) is 4.35. The molecular formula is C17H18N4O2S. The van der Waals surface area contributed by atoms with E-state index in [1.165, 1.54) is 16.0 Å². The maximum atomic E-state index is 12.8. The van der Waals surface area contributed by atoms with Gasteiger partial charge in [-0.2, -0.15) is 9.78 Å². The van der Waals surface area contributed by atoms with E-state index in [0.29, 0.717) is 34.6 Å². The molecule has 7 heteroatoms. The average molecular weight is 342 g/mol. The van der Waals surface area contributed by atoms with Gasteiger partial charge in [-0.25, -0.2) is 0 Å². The highest BCUT2D eigenvalue weighted by Gasteiger charge is 2.23. The second kappa shape index (κ2) is 6.45. The van der Waals surface area contributed by atoms with Crippen molar-refractivity contribution in [1.29, 1.82) is 0 Å². The van der Waals surface area contributed by atoms with Crippen molar-refractivity contribution in [3.63, 3.8) is 0 Å². The molecule has 2 aromatic heterocycles. The van der Waals surface area contributed by atoms with Crippen molar-refractivity contribution in [2.75, 3.05) is 18.8 Å². The molecule has 0 aliphatic heterocycles. The summed E-state index contributed by atoms with van der Waals surface area (Å²) in [6.07, 6.45) is 0. The van der Waals surface area contributed by atoms with E-state index < -0.39 is 0 Å². The molecule has 0 fully saturated rings.